The molecule has 8 nitrogen and oxygen atoms in total. The van der Waals surface area contributed by atoms with E-state index in [0.29, 0.717) is 11.6 Å². The van der Waals surface area contributed by atoms with E-state index < -0.39 is 5.82 Å². The molecular weight excluding hydrogens is 421 g/mol. The van der Waals surface area contributed by atoms with Crippen LogP contribution in [0.15, 0.2) is 36.8 Å². The summed E-state index contributed by atoms with van der Waals surface area (Å²) in [6.45, 7) is 8.92. The number of hydrogen-bond acceptors (Lipinski definition) is 6. The third kappa shape index (κ3) is 4.16. The highest BCUT2D eigenvalue weighted by Gasteiger charge is 2.38. The maximum atomic E-state index is 14.7. The van der Waals surface area contributed by atoms with Crippen molar-refractivity contribution < 1.29 is 14.1 Å². The van der Waals surface area contributed by atoms with E-state index in [1.54, 1.807) is 0 Å². The Kier molecular flexibility index (Phi) is 4.89. The molecule has 0 aliphatic carbocycles. The first-order chi connectivity index (χ1) is 15.6. The summed E-state index contributed by atoms with van der Waals surface area (Å²) in [5.74, 6) is 0.459. The summed E-state index contributed by atoms with van der Waals surface area (Å²) in [5.41, 5.74) is 1.73. The van der Waals surface area contributed by atoms with E-state index >= 15 is 0 Å². The molecule has 9 heteroatoms. The smallest absolute Gasteiger partial charge is 0.362 e. The molecule has 4 heterocycles. The standard InChI is InChI=1S/C24H26FN7O/c1-23(2)12-15(13-24(3,4)29-23)14-31-7-5-16-9-19(27-28-22(16)31)17-10-18(25)20(11-21(17)33)32-8-6-26-30-32/h5-11,14-15,29H,12-13H2,1-4H3/p+1. The molecule has 0 spiro atoms. The van der Waals surface area contributed by atoms with Gasteiger partial charge in [0.1, 0.15) is 22.9 Å². The molecule has 2 N–H and O–H groups in total. The van der Waals surface area contributed by atoms with E-state index in [1.807, 2.05) is 22.9 Å². The van der Waals surface area contributed by atoms with Crippen LogP contribution in [-0.2, 0) is 0 Å². The van der Waals surface area contributed by atoms with Crippen LogP contribution in [0.5, 0.6) is 5.75 Å². The van der Waals surface area contributed by atoms with Gasteiger partial charge in [-0.1, -0.05) is 5.21 Å². The number of halogens is 1. The van der Waals surface area contributed by atoms with Gasteiger partial charge in [0, 0.05) is 28.6 Å². The van der Waals surface area contributed by atoms with Crippen molar-refractivity contribution in [1.29, 1.82) is 0 Å². The van der Waals surface area contributed by atoms with Crippen LogP contribution in [0.2, 0.25) is 0 Å². The topological polar surface area (TPSA) is 91.8 Å². The summed E-state index contributed by atoms with van der Waals surface area (Å²) in [6.07, 6.45) is 11.1. The molecule has 0 radical (unpaired) electrons. The van der Waals surface area contributed by atoms with Crippen molar-refractivity contribution in [1.82, 2.24) is 30.5 Å². The van der Waals surface area contributed by atoms with Crippen molar-refractivity contribution in [2.45, 2.75) is 51.6 Å². The molecule has 2 aliphatic heterocycles. The van der Waals surface area contributed by atoms with Gasteiger partial charge in [0.25, 0.3) is 0 Å². The van der Waals surface area contributed by atoms with Crippen molar-refractivity contribution >= 4 is 18.1 Å². The van der Waals surface area contributed by atoms with Crippen molar-refractivity contribution in [3.8, 4) is 22.7 Å². The fraction of sp³-hybridized carbons (Fsp3) is 0.375. The number of phenolic OH excluding ortho intramolecular Hbond substituents is 1. The lowest BCUT2D eigenvalue weighted by Crippen LogP contribution is -2.58. The summed E-state index contributed by atoms with van der Waals surface area (Å²) in [5, 5.41) is 30.4. The molecule has 0 bridgehead atoms. The van der Waals surface area contributed by atoms with Gasteiger partial charge in [0.15, 0.2) is 0 Å². The van der Waals surface area contributed by atoms with Crippen molar-refractivity contribution in [3.63, 3.8) is 0 Å². The lowest BCUT2D eigenvalue weighted by atomic mass is 9.76. The Morgan fingerprint density at radius 3 is 2.61 bits per heavy atom. The average molecular weight is 449 g/mol. The molecular formula is C24H27FN7O+. The highest BCUT2D eigenvalue weighted by Crippen LogP contribution is 2.36. The van der Waals surface area contributed by atoms with Gasteiger partial charge in [-0.3, -0.25) is 0 Å². The molecule has 0 amide bonds. The zero-order valence-corrected chi connectivity index (χ0v) is 19.1. The minimum absolute atomic E-state index is 0.0463. The normalized spacial score (nSPS) is 20.3. The molecule has 33 heavy (non-hydrogen) atoms. The van der Waals surface area contributed by atoms with Gasteiger partial charge in [0.2, 0.25) is 0 Å². The second-order valence-electron chi connectivity index (χ2n) is 10.1. The zero-order chi connectivity index (χ0) is 23.4. The van der Waals surface area contributed by atoms with Crippen LogP contribution in [0.25, 0.3) is 23.0 Å². The Balaban J connectivity index is 1.45. The number of rotatable bonds is 3. The van der Waals surface area contributed by atoms with Crippen molar-refractivity contribution in [2.24, 2.45) is 5.92 Å². The van der Waals surface area contributed by atoms with Crippen LogP contribution in [0.1, 0.15) is 46.1 Å². The summed E-state index contributed by atoms with van der Waals surface area (Å²) in [6, 6.07) is 4.36. The third-order valence-corrected chi connectivity index (χ3v) is 6.07. The number of nitrogens with zero attached hydrogens (tertiary/aromatic N) is 6. The Labute approximate surface area is 191 Å². The third-order valence-electron chi connectivity index (χ3n) is 6.07. The number of benzene rings is 1. The molecule has 0 atom stereocenters. The summed E-state index contributed by atoms with van der Waals surface area (Å²) < 4.78 is 18.0. The summed E-state index contributed by atoms with van der Waals surface area (Å²) in [4.78, 5) is 0. The highest BCUT2D eigenvalue weighted by molar-refractivity contribution is 5.74. The Hall–Kier alpha value is -3.46. The monoisotopic (exact) mass is 448 g/mol. The van der Waals surface area contributed by atoms with Gasteiger partial charge in [-0.2, -0.15) is 0 Å². The number of fused-ring (bicyclic) bond motifs is 1. The maximum Gasteiger partial charge on any atom is 0.362 e. The molecule has 2 aliphatic rings. The molecule has 5 rings (SSSR count). The summed E-state index contributed by atoms with van der Waals surface area (Å²) >= 11 is 0. The second-order valence-corrected chi connectivity index (χ2v) is 10.1. The van der Waals surface area contributed by atoms with Crippen LogP contribution in [-0.4, -0.2) is 52.2 Å². The molecule has 3 aromatic rings. The van der Waals surface area contributed by atoms with Crippen LogP contribution in [0.3, 0.4) is 0 Å². The average Bonchev–Trinajstić information content (AvgIpc) is 3.37. The Morgan fingerprint density at radius 2 is 1.91 bits per heavy atom. The predicted octanol–water partition coefficient (Wildman–Crippen LogP) is 3.82. The molecule has 1 aromatic carbocycles. The molecule has 1 saturated heterocycles. The number of piperidine rings is 1. The first-order valence-electron chi connectivity index (χ1n) is 11.0. The van der Waals surface area contributed by atoms with E-state index in [4.69, 9.17) is 0 Å². The molecule has 2 aromatic heterocycles. The van der Waals surface area contributed by atoms with Crippen LogP contribution >= 0.6 is 0 Å². The molecule has 0 saturated carbocycles. The first kappa shape index (κ1) is 21.4. The largest absolute Gasteiger partial charge is 0.507 e. The van der Waals surface area contributed by atoms with Gasteiger partial charge in [-0.15, -0.1) is 5.10 Å². The van der Waals surface area contributed by atoms with Crippen LogP contribution < -0.4 is 5.32 Å². The summed E-state index contributed by atoms with van der Waals surface area (Å²) in [7, 11) is 0. The number of aromatic nitrogens is 5. The van der Waals surface area contributed by atoms with Gasteiger partial charge < -0.3 is 10.4 Å². The van der Waals surface area contributed by atoms with Gasteiger partial charge in [-0.25, -0.2) is 13.6 Å². The highest BCUT2D eigenvalue weighted by atomic mass is 19.1. The van der Waals surface area contributed by atoms with E-state index in [0.717, 1.165) is 24.2 Å². The Morgan fingerprint density at radius 1 is 1.15 bits per heavy atom. The fourth-order valence-electron chi connectivity index (χ4n) is 5.21. The van der Waals surface area contributed by atoms with E-state index in [1.165, 1.54) is 29.2 Å². The number of aromatic hydroxyl groups is 1. The van der Waals surface area contributed by atoms with Crippen LogP contribution in [0, 0.1) is 11.7 Å². The zero-order valence-electron chi connectivity index (χ0n) is 19.1. The minimum Gasteiger partial charge on any atom is -0.507 e. The van der Waals surface area contributed by atoms with E-state index in [-0.39, 0.29) is 28.1 Å². The van der Waals surface area contributed by atoms with Crippen molar-refractivity contribution in [2.75, 3.05) is 0 Å². The fourth-order valence-corrected chi connectivity index (χ4v) is 5.21. The van der Waals surface area contributed by atoms with Gasteiger partial charge in [-0.05, 0) is 63.8 Å². The maximum absolute atomic E-state index is 14.7. The number of nitrogens with one attached hydrogen (secondary N) is 1. The lowest BCUT2D eigenvalue weighted by Gasteiger charge is -2.45. The molecule has 0 unspecified atom stereocenters. The SMILES string of the molecule is CC1(C)CC(C=[N+]2C=Cc3cc(-c4cc(F)c(-n5ccnn5)cc4O)nnc32)CC(C)(C)N1. The van der Waals surface area contributed by atoms with Crippen molar-refractivity contribution in [3.05, 3.63) is 48.2 Å². The molecule has 170 valence electrons. The minimum atomic E-state index is -0.544. The quantitative estimate of drug-likeness (QED) is 0.592. The lowest BCUT2D eigenvalue weighted by molar-refractivity contribution is -0.358. The Bertz CT molecular complexity index is 1260. The van der Waals surface area contributed by atoms with Crippen LogP contribution in [0.4, 0.5) is 10.2 Å². The van der Waals surface area contributed by atoms with Gasteiger partial charge >= 0.3 is 5.82 Å². The number of phenols is 1. The number of hydrogen-bond donors (Lipinski definition) is 2. The van der Waals surface area contributed by atoms with E-state index in [2.05, 4.69) is 59.7 Å². The molecule has 1 fully saturated rings. The first-order valence-corrected chi connectivity index (χ1v) is 11.0. The second kappa shape index (κ2) is 7.55. The van der Waals surface area contributed by atoms with E-state index in [9.17, 15) is 9.50 Å². The predicted molar refractivity (Wildman–Crippen MR) is 123 cm³/mol. The van der Waals surface area contributed by atoms with Gasteiger partial charge in [0.05, 0.1) is 35.5 Å².